The van der Waals surface area contributed by atoms with Crippen LogP contribution in [0.1, 0.15) is 43.5 Å². The number of fused-ring (bicyclic) bond motifs is 2. The second-order valence-corrected chi connectivity index (χ2v) is 7.69. The van der Waals surface area contributed by atoms with Crippen molar-refractivity contribution in [1.82, 2.24) is 19.5 Å². The minimum absolute atomic E-state index is 0.117. The normalized spacial score (nSPS) is 14.4. The summed E-state index contributed by atoms with van der Waals surface area (Å²) in [5.74, 6) is -0.787. The van der Waals surface area contributed by atoms with E-state index in [1.165, 1.54) is 12.1 Å². The molecular weight excluding hydrogens is 388 g/mol. The zero-order chi connectivity index (χ0) is 20.8. The molecule has 0 amide bonds. The number of hydrogen-bond donors (Lipinski definition) is 2. The number of imidazole rings is 1. The molecule has 4 aromatic rings. The van der Waals surface area contributed by atoms with Crippen LogP contribution in [0.4, 0.5) is 14.5 Å². The van der Waals surface area contributed by atoms with Crippen LogP contribution in [-0.2, 0) is 6.54 Å². The largest absolute Gasteiger partial charge is 0.383 e. The molecule has 8 heteroatoms. The van der Waals surface area contributed by atoms with E-state index >= 15 is 0 Å². The minimum atomic E-state index is -1.05. The minimum Gasteiger partial charge on any atom is -0.383 e. The Morgan fingerprint density at radius 3 is 2.83 bits per heavy atom. The van der Waals surface area contributed by atoms with Gasteiger partial charge in [-0.2, -0.15) is 0 Å². The van der Waals surface area contributed by atoms with Crippen molar-refractivity contribution in [3.05, 3.63) is 63.8 Å². The quantitative estimate of drug-likeness (QED) is 0.515. The van der Waals surface area contributed by atoms with Crippen molar-refractivity contribution in [3.8, 4) is 0 Å². The second kappa shape index (κ2) is 7.19. The van der Waals surface area contributed by atoms with Crippen LogP contribution in [0.2, 0.25) is 0 Å². The van der Waals surface area contributed by atoms with E-state index in [-0.39, 0.29) is 5.52 Å². The number of hydrogen-bond acceptors (Lipinski definition) is 4. The number of aromatic nitrogens is 4. The first-order valence-corrected chi connectivity index (χ1v) is 10.2. The van der Waals surface area contributed by atoms with E-state index < -0.39 is 17.2 Å². The number of halogens is 2. The van der Waals surface area contributed by atoms with Gasteiger partial charge < -0.3 is 14.9 Å². The maximum atomic E-state index is 14.3. The van der Waals surface area contributed by atoms with Crippen LogP contribution in [0.25, 0.3) is 22.1 Å². The lowest BCUT2D eigenvalue weighted by Gasteiger charge is -2.25. The zero-order valence-electron chi connectivity index (χ0n) is 16.5. The molecule has 1 fully saturated rings. The van der Waals surface area contributed by atoms with Gasteiger partial charge in [0.25, 0.3) is 0 Å². The highest BCUT2D eigenvalue weighted by Crippen LogP contribution is 2.38. The van der Waals surface area contributed by atoms with Gasteiger partial charge in [0, 0.05) is 30.1 Å². The highest BCUT2D eigenvalue weighted by Gasteiger charge is 2.27. The SMILES string of the molecule is CCNc1ccnc2c1nc(C1CCC1)n2Cc1cc(=O)[nH]c2c(F)c(F)ccc12. The van der Waals surface area contributed by atoms with Crippen molar-refractivity contribution in [1.29, 1.82) is 0 Å². The molecule has 3 heterocycles. The molecule has 1 aliphatic carbocycles. The molecule has 6 nitrogen and oxygen atoms in total. The van der Waals surface area contributed by atoms with Gasteiger partial charge in [-0.1, -0.05) is 6.42 Å². The Morgan fingerprint density at radius 2 is 2.10 bits per heavy atom. The fourth-order valence-electron chi connectivity index (χ4n) is 4.14. The van der Waals surface area contributed by atoms with Crippen LogP contribution in [-0.4, -0.2) is 26.1 Å². The Bertz CT molecular complexity index is 1320. The third-order valence-electron chi connectivity index (χ3n) is 5.82. The molecule has 1 aliphatic rings. The number of anilines is 1. The summed E-state index contributed by atoms with van der Waals surface area (Å²) in [6.45, 7) is 3.08. The van der Waals surface area contributed by atoms with E-state index in [1.807, 2.05) is 17.6 Å². The van der Waals surface area contributed by atoms with Gasteiger partial charge in [0.15, 0.2) is 17.3 Å². The van der Waals surface area contributed by atoms with E-state index in [0.717, 1.165) is 48.9 Å². The first-order chi connectivity index (χ1) is 14.6. The van der Waals surface area contributed by atoms with E-state index in [2.05, 4.69) is 15.3 Å². The van der Waals surface area contributed by atoms with Crippen LogP contribution in [0, 0.1) is 11.6 Å². The summed E-state index contributed by atoms with van der Waals surface area (Å²) in [4.78, 5) is 24.1. The fourth-order valence-corrected chi connectivity index (χ4v) is 4.14. The van der Waals surface area contributed by atoms with Gasteiger partial charge in [-0.05, 0) is 43.5 Å². The smallest absolute Gasteiger partial charge is 0.248 e. The molecule has 0 saturated heterocycles. The summed E-state index contributed by atoms with van der Waals surface area (Å²) >= 11 is 0. The summed E-state index contributed by atoms with van der Waals surface area (Å²) in [5, 5.41) is 3.79. The van der Waals surface area contributed by atoms with Crippen molar-refractivity contribution >= 4 is 27.8 Å². The van der Waals surface area contributed by atoms with Gasteiger partial charge in [0.2, 0.25) is 5.56 Å². The Balaban J connectivity index is 1.72. The van der Waals surface area contributed by atoms with E-state index in [0.29, 0.717) is 29.1 Å². The van der Waals surface area contributed by atoms with Crippen LogP contribution >= 0.6 is 0 Å². The van der Waals surface area contributed by atoms with Gasteiger partial charge in [-0.15, -0.1) is 0 Å². The third-order valence-corrected chi connectivity index (χ3v) is 5.82. The van der Waals surface area contributed by atoms with Gasteiger partial charge in [-0.25, -0.2) is 18.7 Å². The van der Waals surface area contributed by atoms with Crippen LogP contribution < -0.4 is 10.9 Å². The average molecular weight is 409 g/mol. The van der Waals surface area contributed by atoms with Gasteiger partial charge in [0.05, 0.1) is 17.7 Å². The maximum absolute atomic E-state index is 14.3. The lowest BCUT2D eigenvalue weighted by atomic mass is 9.85. The zero-order valence-corrected chi connectivity index (χ0v) is 16.5. The van der Waals surface area contributed by atoms with Crippen LogP contribution in [0.15, 0.2) is 35.3 Å². The van der Waals surface area contributed by atoms with Crippen LogP contribution in [0.3, 0.4) is 0 Å². The number of benzene rings is 1. The molecule has 2 N–H and O–H groups in total. The molecule has 0 spiro atoms. The first-order valence-electron chi connectivity index (χ1n) is 10.2. The van der Waals surface area contributed by atoms with Crippen molar-refractivity contribution in [2.75, 3.05) is 11.9 Å². The van der Waals surface area contributed by atoms with Gasteiger partial charge >= 0.3 is 0 Å². The van der Waals surface area contributed by atoms with Gasteiger partial charge in [0.1, 0.15) is 11.3 Å². The number of aromatic amines is 1. The summed E-state index contributed by atoms with van der Waals surface area (Å²) in [6, 6.07) is 5.91. The number of nitrogens with one attached hydrogen (secondary N) is 2. The first kappa shape index (κ1) is 18.7. The van der Waals surface area contributed by atoms with Crippen molar-refractivity contribution < 1.29 is 8.78 Å². The number of H-pyrrole nitrogens is 1. The Kier molecular flexibility index (Phi) is 4.49. The molecule has 0 unspecified atom stereocenters. The number of pyridine rings is 2. The number of nitrogens with zero attached hydrogens (tertiary/aromatic N) is 3. The predicted octanol–water partition coefficient (Wildman–Crippen LogP) is 4.30. The second-order valence-electron chi connectivity index (χ2n) is 7.69. The molecular formula is C22H21F2N5O. The molecule has 0 radical (unpaired) electrons. The molecule has 0 atom stereocenters. The Morgan fingerprint density at radius 1 is 1.27 bits per heavy atom. The van der Waals surface area contributed by atoms with E-state index in [9.17, 15) is 13.6 Å². The molecule has 1 aromatic carbocycles. The lowest BCUT2D eigenvalue weighted by molar-refractivity contribution is 0.391. The molecule has 0 aliphatic heterocycles. The van der Waals surface area contributed by atoms with Crippen molar-refractivity contribution in [2.45, 2.75) is 38.6 Å². The molecule has 0 bridgehead atoms. The number of rotatable bonds is 5. The maximum Gasteiger partial charge on any atom is 0.248 e. The monoisotopic (exact) mass is 409 g/mol. The van der Waals surface area contributed by atoms with Gasteiger partial charge in [-0.3, -0.25) is 4.79 Å². The van der Waals surface area contributed by atoms with Crippen LogP contribution in [0.5, 0.6) is 0 Å². The highest BCUT2D eigenvalue weighted by atomic mass is 19.2. The van der Waals surface area contributed by atoms with Crippen molar-refractivity contribution in [3.63, 3.8) is 0 Å². The highest BCUT2D eigenvalue weighted by molar-refractivity contribution is 5.87. The Labute approximate surface area is 171 Å². The molecule has 30 heavy (non-hydrogen) atoms. The molecule has 5 rings (SSSR count). The predicted molar refractivity (Wildman–Crippen MR) is 112 cm³/mol. The van der Waals surface area contributed by atoms with E-state index in [4.69, 9.17) is 4.98 Å². The summed E-state index contributed by atoms with van der Waals surface area (Å²) in [5.41, 5.74) is 2.42. The summed E-state index contributed by atoms with van der Waals surface area (Å²) < 4.78 is 30.0. The topological polar surface area (TPSA) is 75.6 Å². The fraction of sp³-hybridized carbons (Fsp3) is 0.318. The molecule has 154 valence electrons. The van der Waals surface area contributed by atoms with Crippen molar-refractivity contribution in [2.24, 2.45) is 0 Å². The lowest BCUT2D eigenvalue weighted by Crippen LogP contribution is -2.17. The Hall–Kier alpha value is -3.29. The van der Waals surface area contributed by atoms with E-state index in [1.54, 1.807) is 6.20 Å². The molecule has 3 aromatic heterocycles. The molecule has 1 saturated carbocycles. The average Bonchev–Trinajstić information content (AvgIpc) is 3.03. The standard InChI is InChI=1S/C22H21F2N5O/c1-2-25-16-8-9-26-22-20(16)28-21(12-4-3-5-12)29(22)11-13-10-17(30)27-19-14(13)6-7-15(23)18(19)24/h6-10,12H,2-5,11H2,1H3,(H,25,26)(H,27,30). The summed E-state index contributed by atoms with van der Waals surface area (Å²) in [6.07, 6.45) is 4.99. The summed E-state index contributed by atoms with van der Waals surface area (Å²) in [7, 11) is 0. The third kappa shape index (κ3) is 2.94.